The molecule has 1 unspecified atom stereocenters. The number of hydrogen-bond donors (Lipinski definition) is 3. The first kappa shape index (κ1) is 18.4. The van der Waals surface area contributed by atoms with E-state index in [0.29, 0.717) is 16.6 Å². The summed E-state index contributed by atoms with van der Waals surface area (Å²) in [6.45, 7) is -0.441. The average molecular weight is 368 g/mol. The highest BCUT2D eigenvalue weighted by molar-refractivity contribution is 5.97. The number of amides is 2. The Kier molecular flexibility index (Phi) is 5.68. The van der Waals surface area contributed by atoms with Crippen LogP contribution in [0.15, 0.2) is 54.7 Å². The summed E-state index contributed by atoms with van der Waals surface area (Å²) in [5.74, 6) is -1.56. The van der Waals surface area contributed by atoms with Crippen LogP contribution >= 0.6 is 0 Å². The van der Waals surface area contributed by atoms with Gasteiger partial charge < -0.3 is 15.7 Å². The molecule has 0 radical (unpaired) electrons. The lowest BCUT2D eigenvalue weighted by Crippen LogP contribution is -2.48. The smallest absolute Gasteiger partial charge is 0.272 e. The number of rotatable bonds is 6. The Labute approximate surface area is 154 Å². The van der Waals surface area contributed by atoms with Crippen LogP contribution in [0.25, 0.3) is 11.0 Å². The molecule has 1 aromatic heterocycles. The lowest BCUT2D eigenvalue weighted by Gasteiger charge is -2.16. The largest absolute Gasteiger partial charge is 0.394 e. The van der Waals surface area contributed by atoms with Gasteiger partial charge in [-0.05, 0) is 29.8 Å². The summed E-state index contributed by atoms with van der Waals surface area (Å²) in [5, 5.41) is 14.4. The summed E-state index contributed by atoms with van der Waals surface area (Å²) >= 11 is 0. The van der Waals surface area contributed by atoms with E-state index in [4.69, 9.17) is 0 Å². The standard InChI is InChI=1S/C19H17FN4O3/c20-13-7-5-12(6-8-13)9-22-18(26)17(11-25)24-19(27)16-10-21-14-3-1-2-4-15(14)23-16/h1-8,10,17,25H,9,11H2,(H,22,26)(H,24,27). The van der Waals surface area contributed by atoms with Crippen molar-refractivity contribution < 1.29 is 19.1 Å². The van der Waals surface area contributed by atoms with Gasteiger partial charge in [0.15, 0.2) is 0 Å². The topological polar surface area (TPSA) is 104 Å². The van der Waals surface area contributed by atoms with Crippen LogP contribution in [-0.4, -0.2) is 39.5 Å². The van der Waals surface area contributed by atoms with E-state index < -0.39 is 24.5 Å². The number of aromatic nitrogens is 2. The van der Waals surface area contributed by atoms with E-state index in [1.165, 1.54) is 30.5 Å². The monoisotopic (exact) mass is 368 g/mol. The average Bonchev–Trinajstić information content (AvgIpc) is 2.70. The fraction of sp³-hybridized carbons (Fsp3) is 0.158. The van der Waals surface area contributed by atoms with Gasteiger partial charge in [0.2, 0.25) is 5.91 Å². The summed E-state index contributed by atoms with van der Waals surface area (Å²) in [5.41, 5.74) is 1.92. The van der Waals surface area contributed by atoms with Crippen LogP contribution in [0.2, 0.25) is 0 Å². The number of nitrogens with one attached hydrogen (secondary N) is 2. The van der Waals surface area contributed by atoms with Crippen molar-refractivity contribution in [1.82, 2.24) is 20.6 Å². The number of halogens is 1. The van der Waals surface area contributed by atoms with Crippen LogP contribution in [0, 0.1) is 5.82 Å². The number of aliphatic hydroxyl groups is 1. The van der Waals surface area contributed by atoms with Crippen molar-refractivity contribution in [2.24, 2.45) is 0 Å². The molecule has 7 nitrogen and oxygen atoms in total. The highest BCUT2D eigenvalue weighted by Gasteiger charge is 2.21. The van der Waals surface area contributed by atoms with Crippen molar-refractivity contribution in [3.8, 4) is 0 Å². The molecule has 0 fully saturated rings. The molecule has 0 saturated carbocycles. The van der Waals surface area contributed by atoms with E-state index in [9.17, 15) is 19.1 Å². The van der Waals surface area contributed by atoms with Crippen LogP contribution < -0.4 is 10.6 Å². The molecule has 2 aromatic carbocycles. The second-order valence-electron chi connectivity index (χ2n) is 5.80. The normalized spacial score (nSPS) is 11.8. The SMILES string of the molecule is O=C(NC(CO)C(=O)NCc1ccc(F)cc1)c1cnc2ccccc2n1. The van der Waals surface area contributed by atoms with Crippen molar-refractivity contribution in [2.75, 3.05) is 6.61 Å². The summed E-state index contributed by atoms with van der Waals surface area (Å²) in [6, 6.07) is 11.6. The van der Waals surface area contributed by atoms with Gasteiger partial charge in [-0.25, -0.2) is 9.37 Å². The van der Waals surface area contributed by atoms with Crippen molar-refractivity contribution in [3.63, 3.8) is 0 Å². The van der Waals surface area contributed by atoms with E-state index >= 15 is 0 Å². The molecule has 138 valence electrons. The summed E-state index contributed by atoms with van der Waals surface area (Å²) < 4.78 is 12.9. The van der Waals surface area contributed by atoms with Crippen molar-refractivity contribution in [1.29, 1.82) is 0 Å². The molecule has 8 heteroatoms. The predicted molar refractivity (Wildman–Crippen MR) is 96.1 cm³/mol. The third kappa shape index (κ3) is 4.62. The molecule has 0 saturated heterocycles. The quantitative estimate of drug-likeness (QED) is 0.606. The van der Waals surface area contributed by atoms with Crippen molar-refractivity contribution in [3.05, 3.63) is 71.8 Å². The number of carbonyl (C=O) groups is 2. The first-order valence-electron chi connectivity index (χ1n) is 8.22. The molecule has 1 heterocycles. The molecule has 0 aliphatic carbocycles. The molecule has 0 aliphatic heterocycles. The second kappa shape index (κ2) is 8.33. The zero-order valence-electron chi connectivity index (χ0n) is 14.2. The Balaban J connectivity index is 1.63. The van der Waals surface area contributed by atoms with Gasteiger partial charge in [-0.2, -0.15) is 0 Å². The third-order valence-corrected chi connectivity index (χ3v) is 3.87. The Hall–Kier alpha value is -3.39. The first-order valence-corrected chi connectivity index (χ1v) is 8.22. The van der Waals surface area contributed by atoms with Crippen LogP contribution in [0.5, 0.6) is 0 Å². The number of para-hydroxylation sites is 2. The number of benzene rings is 2. The summed E-state index contributed by atoms with van der Waals surface area (Å²) in [7, 11) is 0. The molecular formula is C19H17FN4O3. The fourth-order valence-corrected chi connectivity index (χ4v) is 2.41. The molecule has 2 amide bonds. The molecule has 3 aromatic rings. The number of fused-ring (bicyclic) bond motifs is 1. The lowest BCUT2D eigenvalue weighted by atomic mass is 10.2. The Morgan fingerprint density at radius 2 is 1.78 bits per heavy atom. The zero-order valence-corrected chi connectivity index (χ0v) is 14.2. The van der Waals surface area contributed by atoms with E-state index in [1.54, 1.807) is 18.2 Å². The summed E-state index contributed by atoms with van der Waals surface area (Å²) in [4.78, 5) is 32.9. The number of carbonyl (C=O) groups excluding carboxylic acids is 2. The minimum absolute atomic E-state index is 0.0403. The minimum atomic E-state index is -1.15. The van der Waals surface area contributed by atoms with Gasteiger partial charge in [-0.15, -0.1) is 0 Å². The number of nitrogens with zero attached hydrogens (tertiary/aromatic N) is 2. The molecule has 0 bridgehead atoms. The molecule has 0 spiro atoms. The first-order chi connectivity index (χ1) is 13.1. The molecule has 3 N–H and O–H groups in total. The van der Waals surface area contributed by atoms with Gasteiger partial charge in [0.25, 0.3) is 5.91 Å². The van der Waals surface area contributed by atoms with E-state index in [-0.39, 0.29) is 18.1 Å². The zero-order chi connectivity index (χ0) is 19.2. The highest BCUT2D eigenvalue weighted by atomic mass is 19.1. The molecular weight excluding hydrogens is 351 g/mol. The molecule has 27 heavy (non-hydrogen) atoms. The summed E-state index contributed by atoms with van der Waals surface area (Å²) in [6.07, 6.45) is 1.31. The van der Waals surface area contributed by atoms with Gasteiger partial charge in [0.1, 0.15) is 17.6 Å². The Morgan fingerprint density at radius 1 is 1.07 bits per heavy atom. The molecule has 1 atom stereocenters. The van der Waals surface area contributed by atoms with Crippen LogP contribution in [0.4, 0.5) is 4.39 Å². The number of hydrogen-bond acceptors (Lipinski definition) is 5. The van der Waals surface area contributed by atoms with Gasteiger partial charge in [-0.1, -0.05) is 24.3 Å². The van der Waals surface area contributed by atoms with Crippen LogP contribution in [0.1, 0.15) is 16.1 Å². The van der Waals surface area contributed by atoms with Crippen molar-refractivity contribution >= 4 is 22.8 Å². The highest BCUT2D eigenvalue weighted by Crippen LogP contribution is 2.08. The minimum Gasteiger partial charge on any atom is -0.394 e. The Bertz CT molecular complexity index is 963. The number of aliphatic hydroxyl groups excluding tert-OH is 1. The lowest BCUT2D eigenvalue weighted by molar-refractivity contribution is -0.124. The van der Waals surface area contributed by atoms with Gasteiger partial charge >= 0.3 is 0 Å². The molecule has 3 rings (SSSR count). The predicted octanol–water partition coefficient (Wildman–Crippen LogP) is 1.18. The van der Waals surface area contributed by atoms with E-state index in [2.05, 4.69) is 20.6 Å². The van der Waals surface area contributed by atoms with E-state index in [1.807, 2.05) is 6.07 Å². The van der Waals surface area contributed by atoms with Crippen molar-refractivity contribution in [2.45, 2.75) is 12.6 Å². The van der Waals surface area contributed by atoms with Gasteiger partial charge in [0, 0.05) is 6.54 Å². The molecule has 0 aliphatic rings. The maximum absolute atomic E-state index is 12.9. The Morgan fingerprint density at radius 3 is 2.48 bits per heavy atom. The maximum Gasteiger partial charge on any atom is 0.272 e. The fourth-order valence-electron chi connectivity index (χ4n) is 2.41. The second-order valence-corrected chi connectivity index (χ2v) is 5.80. The third-order valence-electron chi connectivity index (χ3n) is 3.87. The van der Waals surface area contributed by atoms with Gasteiger partial charge in [-0.3, -0.25) is 14.6 Å². The maximum atomic E-state index is 12.9. The van der Waals surface area contributed by atoms with Crippen LogP contribution in [-0.2, 0) is 11.3 Å². The van der Waals surface area contributed by atoms with E-state index in [0.717, 1.165) is 0 Å². The van der Waals surface area contributed by atoms with Gasteiger partial charge in [0.05, 0.1) is 23.8 Å². The van der Waals surface area contributed by atoms with Crippen LogP contribution in [0.3, 0.4) is 0 Å².